The Morgan fingerprint density at radius 3 is 2.39 bits per heavy atom. The lowest BCUT2D eigenvalue weighted by Gasteiger charge is -2.13. The van der Waals surface area contributed by atoms with E-state index in [4.69, 9.17) is 5.11 Å². The van der Waals surface area contributed by atoms with Gasteiger partial charge in [0, 0.05) is 30.9 Å². The molecule has 124 valence electrons. The average molecular weight is 320 g/mol. The Balaban J connectivity index is 2.71. The third-order valence-electron chi connectivity index (χ3n) is 3.07. The zero-order valence-electron chi connectivity index (χ0n) is 13.3. The molecule has 0 saturated carbocycles. The van der Waals surface area contributed by atoms with Crippen LogP contribution in [-0.4, -0.2) is 55.1 Å². The molecule has 0 bridgehead atoms. The Morgan fingerprint density at radius 1 is 1.26 bits per heavy atom. The van der Waals surface area contributed by atoms with Gasteiger partial charge >= 0.3 is 5.97 Å². The highest BCUT2D eigenvalue weighted by Gasteiger charge is 2.11. The second-order valence-corrected chi connectivity index (χ2v) is 4.83. The summed E-state index contributed by atoms with van der Waals surface area (Å²) in [6.07, 6.45) is 1.20. The highest BCUT2D eigenvalue weighted by molar-refractivity contribution is 6.07. The molecule has 0 aliphatic carbocycles. The van der Waals surface area contributed by atoms with Crippen LogP contribution in [0.25, 0.3) is 0 Å². The van der Waals surface area contributed by atoms with E-state index >= 15 is 0 Å². The van der Waals surface area contributed by atoms with Gasteiger partial charge in [-0.05, 0) is 31.2 Å². The molecule has 1 aromatic carbocycles. The number of nitrogens with one attached hydrogen (secondary N) is 1. The summed E-state index contributed by atoms with van der Waals surface area (Å²) < 4.78 is 4.59. The van der Waals surface area contributed by atoms with Crippen LogP contribution in [0.2, 0.25) is 0 Å². The van der Waals surface area contributed by atoms with E-state index in [2.05, 4.69) is 10.1 Å². The van der Waals surface area contributed by atoms with E-state index in [0.717, 1.165) is 0 Å². The van der Waals surface area contributed by atoms with E-state index in [-0.39, 0.29) is 24.6 Å². The van der Waals surface area contributed by atoms with Crippen LogP contribution in [0.15, 0.2) is 35.9 Å². The molecule has 0 aliphatic heterocycles. The van der Waals surface area contributed by atoms with Crippen LogP contribution >= 0.6 is 0 Å². The lowest BCUT2D eigenvalue weighted by molar-refractivity contribution is -0.125. The fourth-order valence-electron chi connectivity index (χ4n) is 1.66. The first-order valence-electron chi connectivity index (χ1n) is 6.93. The number of likely N-dealkylation sites (N-methyl/N-ethyl adjacent to an activating group) is 1. The summed E-state index contributed by atoms with van der Waals surface area (Å²) in [6.45, 7) is 1.57. The van der Waals surface area contributed by atoms with Crippen molar-refractivity contribution in [3.8, 4) is 0 Å². The number of benzene rings is 1. The number of carbonyl (C=O) groups excluding carboxylic acids is 3. The molecule has 0 atom stereocenters. The predicted octanol–water partition coefficient (Wildman–Crippen LogP) is 0.809. The van der Waals surface area contributed by atoms with Gasteiger partial charge in [-0.1, -0.05) is 0 Å². The number of rotatable bonds is 6. The predicted molar refractivity (Wildman–Crippen MR) is 84.9 cm³/mol. The number of aliphatic hydroxyl groups is 1. The van der Waals surface area contributed by atoms with Crippen LogP contribution in [0.4, 0.5) is 5.69 Å². The summed E-state index contributed by atoms with van der Waals surface area (Å²) in [5, 5.41) is 11.4. The van der Waals surface area contributed by atoms with Crippen LogP contribution < -0.4 is 5.32 Å². The number of ether oxygens (including phenoxy) is 1. The fourth-order valence-corrected chi connectivity index (χ4v) is 1.66. The molecule has 2 amide bonds. The number of hydrogen-bond acceptors (Lipinski definition) is 5. The molecule has 0 aromatic heterocycles. The van der Waals surface area contributed by atoms with Gasteiger partial charge < -0.3 is 20.1 Å². The van der Waals surface area contributed by atoms with Crippen molar-refractivity contribution in [2.24, 2.45) is 0 Å². The highest BCUT2D eigenvalue weighted by Crippen LogP contribution is 2.11. The van der Waals surface area contributed by atoms with Crippen molar-refractivity contribution in [3.63, 3.8) is 0 Å². The number of nitrogens with zero attached hydrogens (tertiary/aromatic N) is 1. The van der Waals surface area contributed by atoms with Crippen LogP contribution in [0, 0.1) is 0 Å². The van der Waals surface area contributed by atoms with E-state index in [1.54, 1.807) is 12.1 Å². The Morgan fingerprint density at radius 2 is 1.87 bits per heavy atom. The summed E-state index contributed by atoms with van der Waals surface area (Å²) in [6, 6.07) is 6.19. The van der Waals surface area contributed by atoms with Gasteiger partial charge in [-0.25, -0.2) is 4.79 Å². The lowest BCUT2D eigenvalue weighted by Crippen LogP contribution is -2.28. The van der Waals surface area contributed by atoms with E-state index in [0.29, 0.717) is 11.3 Å². The van der Waals surface area contributed by atoms with Crippen molar-refractivity contribution < 1.29 is 24.2 Å². The van der Waals surface area contributed by atoms with E-state index in [1.165, 1.54) is 44.2 Å². The normalized spacial score (nSPS) is 10.9. The summed E-state index contributed by atoms with van der Waals surface area (Å²) in [4.78, 5) is 36.4. The smallest absolute Gasteiger partial charge is 0.337 e. The van der Waals surface area contributed by atoms with Gasteiger partial charge in [0.25, 0.3) is 5.91 Å². The molecule has 7 heteroatoms. The van der Waals surface area contributed by atoms with Crippen molar-refractivity contribution in [1.29, 1.82) is 0 Å². The Kier molecular flexibility index (Phi) is 6.95. The molecule has 1 rings (SSSR count). The zero-order valence-corrected chi connectivity index (χ0v) is 13.3. The highest BCUT2D eigenvalue weighted by atomic mass is 16.5. The topological polar surface area (TPSA) is 95.9 Å². The van der Waals surface area contributed by atoms with Crippen LogP contribution in [-0.2, 0) is 14.3 Å². The van der Waals surface area contributed by atoms with Gasteiger partial charge in [-0.15, -0.1) is 0 Å². The molecule has 0 radical (unpaired) electrons. The molecule has 0 spiro atoms. The van der Waals surface area contributed by atoms with Gasteiger partial charge in [-0.2, -0.15) is 0 Å². The molecule has 0 fully saturated rings. The number of anilines is 1. The Bertz CT molecular complexity index is 607. The minimum atomic E-state index is -0.462. The SMILES string of the molecule is COC(=O)c1ccc(NC(=O)/C(C)=C/C(=O)N(C)CCO)cc1. The van der Waals surface area contributed by atoms with Crippen molar-refractivity contribution in [2.45, 2.75) is 6.92 Å². The third kappa shape index (κ3) is 5.55. The monoisotopic (exact) mass is 320 g/mol. The summed E-state index contributed by atoms with van der Waals surface area (Å²) in [5.41, 5.74) is 1.10. The van der Waals surface area contributed by atoms with E-state index < -0.39 is 11.9 Å². The number of hydrogen-bond donors (Lipinski definition) is 2. The second kappa shape index (κ2) is 8.70. The molecule has 2 N–H and O–H groups in total. The molecule has 23 heavy (non-hydrogen) atoms. The number of aliphatic hydroxyl groups excluding tert-OH is 1. The van der Waals surface area contributed by atoms with Crippen molar-refractivity contribution >= 4 is 23.5 Å². The van der Waals surface area contributed by atoms with Gasteiger partial charge in [-0.3, -0.25) is 9.59 Å². The minimum Gasteiger partial charge on any atom is -0.465 e. The molecule has 0 unspecified atom stereocenters. The standard InChI is InChI=1S/C16H20N2O5/c1-11(10-14(20)18(2)8-9-19)15(21)17-13-6-4-12(5-7-13)16(22)23-3/h4-7,10,19H,8-9H2,1-3H3,(H,17,21)/b11-10+. The van der Waals surface area contributed by atoms with Gasteiger partial charge in [0.2, 0.25) is 5.91 Å². The van der Waals surface area contributed by atoms with Crippen LogP contribution in [0.5, 0.6) is 0 Å². The van der Waals surface area contributed by atoms with Crippen molar-refractivity contribution in [2.75, 3.05) is 32.6 Å². The van der Waals surface area contributed by atoms with Gasteiger partial charge in [0.05, 0.1) is 19.3 Å². The maximum absolute atomic E-state index is 12.0. The first kappa shape index (κ1) is 18.4. The maximum atomic E-state index is 12.0. The molecular formula is C16H20N2O5. The summed E-state index contributed by atoms with van der Waals surface area (Å²) in [5.74, 6) is -1.26. The summed E-state index contributed by atoms with van der Waals surface area (Å²) >= 11 is 0. The van der Waals surface area contributed by atoms with E-state index in [9.17, 15) is 14.4 Å². The quantitative estimate of drug-likeness (QED) is 0.597. The van der Waals surface area contributed by atoms with Crippen LogP contribution in [0.1, 0.15) is 17.3 Å². The number of methoxy groups -OCH3 is 1. The van der Waals surface area contributed by atoms with Crippen molar-refractivity contribution in [3.05, 3.63) is 41.5 Å². The Hall–Kier alpha value is -2.67. The number of carbonyl (C=O) groups is 3. The lowest BCUT2D eigenvalue weighted by atomic mass is 10.2. The first-order valence-corrected chi connectivity index (χ1v) is 6.93. The molecule has 1 aromatic rings. The zero-order chi connectivity index (χ0) is 17.4. The minimum absolute atomic E-state index is 0.145. The maximum Gasteiger partial charge on any atom is 0.337 e. The molecule has 0 heterocycles. The van der Waals surface area contributed by atoms with Gasteiger partial charge in [0.1, 0.15) is 0 Å². The molecule has 0 saturated heterocycles. The van der Waals surface area contributed by atoms with Gasteiger partial charge in [0.15, 0.2) is 0 Å². The number of esters is 1. The number of amides is 2. The van der Waals surface area contributed by atoms with Crippen LogP contribution in [0.3, 0.4) is 0 Å². The van der Waals surface area contributed by atoms with Crippen molar-refractivity contribution in [1.82, 2.24) is 4.90 Å². The molecular weight excluding hydrogens is 300 g/mol. The summed E-state index contributed by atoms with van der Waals surface area (Å²) in [7, 11) is 2.82. The average Bonchev–Trinajstić information content (AvgIpc) is 2.54. The fraction of sp³-hybridized carbons (Fsp3) is 0.312. The second-order valence-electron chi connectivity index (χ2n) is 4.83. The van der Waals surface area contributed by atoms with E-state index in [1.807, 2.05) is 0 Å². The third-order valence-corrected chi connectivity index (χ3v) is 3.07. The largest absolute Gasteiger partial charge is 0.465 e. The molecule has 0 aliphatic rings. The molecule has 7 nitrogen and oxygen atoms in total. The first-order chi connectivity index (χ1) is 10.9. The Labute approximate surface area is 134 Å².